The SMILES string of the molecule is CCC1C(=O)N2C=CS[C@@H]12. The van der Waals surface area contributed by atoms with Crippen LogP contribution in [0.2, 0.25) is 0 Å². The molecule has 10 heavy (non-hydrogen) atoms. The highest BCUT2D eigenvalue weighted by Gasteiger charge is 2.46. The number of fused-ring (bicyclic) bond motifs is 1. The minimum absolute atomic E-state index is 0.292. The van der Waals surface area contributed by atoms with Crippen LogP contribution >= 0.6 is 11.8 Å². The molecule has 1 saturated heterocycles. The van der Waals surface area contributed by atoms with Crippen molar-refractivity contribution in [2.75, 3.05) is 0 Å². The molecule has 0 bridgehead atoms. The summed E-state index contributed by atoms with van der Waals surface area (Å²) in [5, 5.41) is 2.44. The summed E-state index contributed by atoms with van der Waals surface area (Å²) < 4.78 is 0. The van der Waals surface area contributed by atoms with E-state index in [1.165, 1.54) is 0 Å². The highest BCUT2D eigenvalue weighted by molar-refractivity contribution is 8.03. The van der Waals surface area contributed by atoms with Crippen LogP contribution < -0.4 is 0 Å². The van der Waals surface area contributed by atoms with E-state index in [9.17, 15) is 4.79 Å². The van der Waals surface area contributed by atoms with Crippen LogP contribution in [0.15, 0.2) is 11.6 Å². The van der Waals surface area contributed by atoms with Crippen LogP contribution in [0.5, 0.6) is 0 Å². The predicted octanol–water partition coefficient (Wildman–Crippen LogP) is 1.40. The molecular formula is C7H9NOS. The lowest BCUT2D eigenvalue weighted by atomic mass is 9.96. The predicted molar refractivity (Wildman–Crippen MR) is 41.1 cm³/mol. The minimum Gasteiger partial charge on any atom is -0.305 e. The molecule has 2 aliphatic heterocycles. The van der Waals surface area contributed by atoms with E-state index in [0.717, 1.165) is 6.42 Å². The van der Waals surface area contributed by atoms with Crippen LogP contribution in [0.1, 0.15) is 13.3 Å². The Bertz CT molecular complexity index is 202. The third kappa shape index (κ3) is 0.586. The molecule has 0 aromatic carbocycles. The maximum atomic E-state index is 11.1. The fourth-order valence-corrected chi connectivity index (χ4v) is 2.59. The van der Waals surface area contributed by atoms with E-state index in [4.69, 9.17) is 0 Å². The van der Waals surface area contributed by atoms with Crippen LogP contribution in [-0.4, -0.2) is 16.2 Å². The third-order valence-electron chi connectivity index (χ3n) is 2.07. The molecule has 0 aliphatic carbocycles. The van der Waals surface area contributed by atoms with Gasteiger partial charge < -0.3 is 4.90 Å². The zero-order chi connectivity index (χ0) is 7.14. The van der Waals surface area contributed by atoms with Gasteiger partial charge in [-0.1, -0.05) is 6.92 Å². The Morgan fingerprint density at radius 2 is 2.60 bits per heavy atom. The number of hydrogen-bond acceptors (Lipinski definition) is 2. The van der Waals surface area contributed by atoms with Crippen molar-refractivity contribution in [1.82, 2.24) is 4.90 Å². The number of thioether (sulfide) groups is 1. The molecule has 0 spiro atoms. The summed E-state index contributed by atoms with van der Waals surface area (Å²) in [6.07, 6.45) is 2.86. The second kappa shape index (κ2) is 2.02. The molecular weight excluding hydrogens is 146 g/mol. The van der Waals surface area contributed by atoms with Crippen molar-refractivity contribution in [1.29, 1.82) is 0 Å². The van der Waals surface area contributed by atoms with Crippen molar-refractivity contribution in [3.05, 3.63) is 11.6 Å². The zero-order valence-corrected chi connectivity index (χ0v) is 6.60. The van der Waals surface area contributed by atoms with Gasteiger partial charge in [0.15, 0.2) is 0 Å². The maximum Gasteiger partial charge on any atom is 0.233 e. The standard InChI is InChI=1S/C7H9NOS/c1-2-5-6(9)8-3-4-10-7(5)8/h3-5,7H,2H2,1H3/t5?,7-/m0/s1. The van der Waals surface area contributed by atoms with Crippen LogP contribution in [0.4, 0.5) is 0 Å². The van der Waals surface area contributed by atoms with Gasteiger partial charge in [0, 0.05) is 6.20 Å². The molecule has 0 N–H and O–H groups in total. The monoisotopic (exact) mass is 155 g/mol. The van der Waals surface area contributed by atoms with E-state index < -0.39 is 0 Å². The van der Waals surface area contributed by atoms with Crippen molar-refractivity contribution >= 4 is 17.7 Å². The smallest absolute Gasteiger partial charge is 0.233 e. The van der Waals surface area contributed by atoms with E-state index in [0.29, 0.717) is 17.2 Å². The Balaban J connectivity index is 2.12. The summed E-state index contributed by atoms with van der Waals surface area (Å²) in [6, 6.07) is 0. The second-order valence-corrected chi connectivity index (χ2v) is 3.60. The summed E-state index contributed by atoms with van der Waals surface area (Å²) in [6.45, 7) is 2.07. The number of β-lactam (4-membered cyclic amide) rings is 1. The lowest BCUT2D eigenvalue weighted by Gasteiger charge is -2.40. The molecule has 2 atom stereocenters. The summed E-state index contributed by atoms with van der Waals surface area (Å²) in [5.41, 5.74) is 0. The molecule has 2 rings (SSSR count). The Labute approximate surface area is 64.3 Å². The Morgan fingerprint density at radius 3 is 3.30 bits per heavy atom. The first-order chi connectivity index (χ1) is 4.84. The van der Waals surface area contributed by atoms with Gasteiger partial charge in [0.1, 0.15) is 0 Å². The van der Waals surface area contributed by atoms with Crippen molar-refractivity contribution in [2.45, 2.75) is 18.7 Å². The number of carbonyl (C=O) groups is 1. The molecule has 0 aromatic heterocycles. The van der Waals surface area contributed by atoms with E-state index in [1.54, 1.807) is 11.8 Å². The van der Waals surface area contributed by atoms with E-state index >= 15 is 0 Å². The fourth-order valence-electron chi connectivity index (χ4n) is 1.43. The van der Waals surface area contributed by atoms with Crippen molar-refractivity contribution in [3.63, 3.8) is 0 Å². The lowest BCUT2D eigenvalue weighted by Crippen LogP contribution is -2.54. The van der Waals surface area contributed by atoms with Gasteiger partial charge in [0.2, 0.25) is 5.91 Å². The summed E-state index contributed by atoms with van der Waals surface area (Å²) >= 11 is 1.75. The van der Waals surface area contributed by atoms with Gasteiger partial charge in [0.25, 0.3) is 0 Å². The Morgan fingerprint density at radius 1 is 1.80 bits per heavy atom. The minimum atomic E-state index is 0.292. The van der Waals surface area contributed by atoms with Gasteiger partial charge in [-0.2, -0.15) is 0 Å². The fraction of sp³-hybridized carbons (Fsp3) is 0.571. The zero-order valence-electron chi connectivity index (χ0n) is 5.78. The highest BCUT2D eigenvalue weighted by atomic mass is 32.2. The first-order valence-electron chi connectivity index (χ1n) is 3.49. The Hall–Kier alpha value is -0.440. The molecule has 0 saturated carbocycles. The topological polar surface area (TPSA) is 20.3 Å². The Kier molecular flexibility index (Phi) is 1.27. The molecule has 3 heteroatoms. The quantitative estimate of drug-likeness (QED) is 0.533. The number of nitrogens with zero attached hydrogens (tertiary/aromatic N) is 1. The summed E-state index contributed by atoms with van der Waals surface area (Å²) in [7, 11) is 0. The molecule has 2 nitrogen and oxygen atoms in total. The van der Waals surface area contributed by atoms with Gasteiger partial charge in [0.05, 0.1) is 11.3 Å². The largest absolute Gasteiger partial charge is 0.305 e. The molecule has 54 valence electrons. The molecule has 1 amide bonds. The van der Waals surface area contributed by atoms with Gasteiger partial charge in [-0.25, -0.2) is 0 Å². The highest BCUT2D eigenvalue weighted by Crippen LogP contribution is 2.41. The van der Waals surface area contributed by atoms with E-state index in [-0.39, 0.29) is 0 Å². The average Bonchev–Trinajstić information content (AvgIpc) is 2.33. The van der Waals surface area contributed by atoms with Gasteiger partial charge in [-0.3, -0.25) is 4.79 Å². The average molecular weight is 155 g/mol. The van der Waals surface area contributed by atoms with Crippen molar-refractivity contribution in [2.24, 2.45) is 5.92 Å². The first-order valence-corrected chi connectivity index (χ1v) is 4.43. The van der Waals surface area contributed by atoms with Crippen LogP contribution in [-0.2, 0) is 4.79 Å². The number of rotatable bonds is 1. The van der Waals surface area contributed by atoms with Gasteiger partial charge in [-0.05, 0) is 11.8 Å². The second-order valence-electron chi connectivity index (χ2n) is 2.57. The molecule has 2 heterocycles. The van der Waals surface area contributed by atoms with E-state index in [2.05, 4.69) is 6.92 Å². The van der Waals surface area contributed by atoms with E-state index in [1.807, 2.05) is 16.5 Å². The molecule has 1 unspecified atom stereocenters. The molecule has 0 aromatic rings. The lowest BCUT2D eigenvalue weighted by molar-refractivity contribution is -0.145. The first kappa shape index (κ1) is 6.28. The maximum absolute atomic E-state index is 11.1. The van der Waals surface area contributed by atoms with Crippen LogP contribution in [0.3, 0.4) is 0 Å². The summed E-state index contributed by atoms with van der Waals surface area (Å²) in [5.74, 6) is 0.591. The number of amides is 1. The molecule has 2 aliphatic rings. The van der Waals surface area contributed by atoms with Crippen molar-refractivity contribution in [3.8, 4) is 0 Å². The van der Waals surface area contributed by atoms with Crippen LogP contribution in [0, 0.1) is 5.92 Å². The summed E-state index contributed by atoms with van der Waals surface area (Å²) in [4.78, 5) is 13.0. The normalized spacial score (nSPS) is 36.1. The van der Waals surface area contributed by atoms with Crippen molar-refractivity contribution < 1.29 is 4.79 Å². The molecule has 0 radical (unpaired) electrons. The third-order valence-corrected chi connectivity index (χ3v) is 3.18. The molecule has 1 fully saturated rings. The number of hydrogen-bond donors (Lipinski definition) is 0. The van der Waals surface area contributed by atoms with Gasteiger partial charge >= 0.3 is 0 Å². The van der Waals surface area contributed by atoms with Crippen LogP contribution in [0.25, 0.3) is 0 Å². The van der Waals surface area contributed by atoms with Gasteiger partial charge in [-0.15, -0.1) is 11.8 Å². The number of carbonyl (C=O) groups excluding carboxylic acids is 1.